The maximum absolute atomic E-state index is 13.0. The molecule has 4 rings (SSSR count). The van der Waals surface area contributed by atoms with Crippen LogP contribution in [0.4, 0.5) is 18.9 Å². The van der Waals surface area contributed by atoms with Crippen LogP contribution in [0.3, 0.4) is 0 Å². The molecule has 1 aliphatic rings. The van der Waals surface area contributed by atoms with Gasteiger partial charge in [-0.25, -0.2) is 0 Å². The van der Waals surface area contributed by atoms with Crippen LogP contribution in [0.2, 0.25) is 0 Å². The van der Waals surface area contributed by atoms with Gasteiger partial charge in [0.1, 0.15) is 5.69 Å². The molecule has 0 aliphatic carbocycles. The number of anilines is 1. The zero-order chi connectivity index (χ0) is 20.4. The minimum absolute atomic E-state index is 0.0330. The van der Waals surface area contributed by atoms with E-state index in [9.17, 15) is 18.0 Å². The van der Waals surface area contributed by atoms with Crippen LogP contribution in [-0.4, -0.2) is 35.0 Å². The van der Waals surface area contributed by atoms with E-state index in [0.717, 1.165) is 30.7 Å². The molecule has 1 aliphatic heterocycles. The molecule has 29 heavy (non-hydrogen) atoms. The van der Waals surface area contributed by atoms with Gasteiger partial charge in [-0.15, -0.1) is 0 Å². The largest absolute Gasteiger partial charge is 0.416 e. The average Bonchev–Trinajstić information content (AvgIpc) is 2.73. The topological polar surface area (TPSA) is 58.1 Å². The van der Waals surface area contributed by atoms with Crippen LogP contribution >= 0.6 is 0 Å². The molecule has 0 radical (unpaired) electrons. The normalized spacial score (nSPS) is 15.5. The first kappa shape index (κ1) is 19.2. The van der Waals surface area contributed by atoms with Gasteiger partial charge < -0.3 is 10.2 Å². The van der Waals surface area contributed by atoms with Crippen molar-refractivity contribution in [3.63, 3.8) is 0 Å². The summed E-state index contributed by atoms with van der Waals surface area (Å²) in [6, 6.07) is 10.7. The third-order valence-corrected chi connectivity index (χ3v) is 5.12. The van der Waals surface area contributed by atoms with Crippen LogP contribution in [0, 0.1) is 0 Å². The molecule has 8 heteroatoms. The lowest BCUT2D eigenvalue weighted by molar-refractivity contribution is -0.137. The maximum Gasteiger partial charge on any atom is 0.416 e. The molecular formula is C21H19F3N4O. The highest BCUT2D eigenvalue weighted by molar-refractivity contribution is 5.93. The zero-order valence-electron chi connectivity index (χ0n) is 15.5. The Kier molecular flexibility index (Phi) is 5.08. The summed E-state index contributed by atoms with van der Waals surface area (Å²) < 4.78 is 38.9. The number of halogens is 3. The Bertz CT molecular complexity index is 1020. The van der Waals surface area contributed by atoms with Gasteiger partial charge in [0.25, 0.3) is 5.91 Å². The lowest BCUT2D eigenvalue weighted by atomic mass is 10.0. The predicted octanol–water partition coefficient (Wildman–Crippen LogP) is 4.05. The predicted molar refractivity (Wildman–Crippen MR) is 104 cm³/mol. The van der Waals surface area contributed by atoms with Crippen molar-refractivity contribution in [3.05, 3.63) is 66.1 Å². The number of hydrogen-bond acceptors (Lipinski definition) is 4. The van der Waals surface area contributed by atoms with E-state index < -0.39 is 11.7 Å². The standard InChI is InChI=1S/C21H19F3N4O/c22-21(23,24)14-4-5-16-18(13-14)26-10-6-19(16)28-11-7-15(8-12-28)27-20(29)17-3-1-2-9-25-17/h1-6,9-10,13,15H,7-8,11-12H2,(H,27,29). The first-order chi connectivity index (χ1) is 13.9. The van der Waals surface area contributed by atoms with E-state index in [4.69, 9.17) is 0 Å². The molecule has 1 aromatic carbocycles. The molecule has 2 aromatic heterocycles. The van der Waals surface area contributed by atoms with Crippen LogP contribution < -0.4 is 10.2 Å². The summed E-state index contributed by atoms with van der Waals surface area (Å²) in [5, 5.41) is 3.69. The number of piperidine rings is 1. The van der Waals surface area contributed by atoms with E-state index in [1.54, 1.807) is 24.4 Å². The van der Waals surface area contributed by atoms with Gasteiger partial charge in [0.15, 0.2) is 0 Å². The number of benzene rings is 1. The summed E-state index contributed by atoms with van der Waals surface area (Å²) in [5.74, 6) is -0.196. The summed E-state index contributed by atoms with van der Waals surface area (Å²) in [5.41, 5.74) is 0.863. The van der Waals surface area contributed by atoms with E-state index in [2.05, 4.69) is 20.2 Å². The van der Waals surface area contributed by atoms with Crippen molar-refractivity contribution < 1.29 is 18.0 Å². The summed E-state index contributed by atoms with van der Waals surface area (Å²) >= 11 is 0. The summed E-state index contributed by atoms with van der Waals surface area (Å²) in [4.78, 5) is 22.6. The third-order valence-electron chi connectivity index (χ3n) is 5.12. The van der Waals surface area contributed by atoms with Gasteiger partial charge in [0, 0.05) is 42.6 Å². The second-order valence-electron chi connectivity index (χ2n) is 7.01. The Labute approximate surface area is 165 Å². The van der Waals surface area contributed by atoms with Crippen LogP contribution in [0.5, 0.6) is 0 Å². The maximum atomic E-state index is 13.0. The quantitative estimate of drug-likeness (QED) is 0.721. The molecule has 3 heterocycles. The molecule has 1 fully saturated rings. The summed E-state index contributed by atoms with van der Waals surface area (Å²) in [6.07, 6.45) is 0.200. The Balaban J connectivity index is 1.46. The van der Waals surface area contributed by atoms with E-state index in [0.29, 0.717) is 29.7 Å². The van der Waals surface area contributed by atoms with Crippen molar-refractivity contribution in [1.82, 2.24) is 15.3 Å². The highest BCUT2D eigenvalue weighted by Gasteiger charge is 2.31. The number of alkyl halides is 3. The smallest absolute Gasteiger partial charge is 0.371 e. The fraction of sp³-hybridized carbons (Fsp3) is 0.286. The monoisotopic (exact) mass is 400 g/mol. The number of fused-ring (bicyclic) bond motifs is 1. The molecule has 5 nitrogen and oxygen atoms in total. The molecule has 0 bridgehead atoms. The van der Waals surface area contributed by atoms with Gasteiger partial charge in [-0.05, 0) is 43.2 Å². The van der Waals surface area contributed by atoms with E-state index in [1.807, 2.05) is 6.07 Å². The van der Waals surface area contributed by atoms with Crippen LogP contribution in [0.15, 0.2) is 54.9 Å². The lowest BCUT2D eigenvalue weighted by Gasteiger charge is -2.34. The molecule has 0 atom stereocenters. The first-order valence-electron chi connectivity index (χ1n) is 9.34. The van der Waals surface area contributed by atoms with Crippen LogP contribution in [0.1, 0.15) is 28.9 Å². The van der Waals surface area contributed by atoms with E-state index in [-0.39, 0.29) is 11.9 Å². The van der Waals surface area contributed by atoms with Crippen LogP contribution in [-0.2, 0) is 6.18 Å². The zero-order valence-corrected chi connectivity index (χ0v) is 15.5. The van der Waals surface area contributed by atoms with Gasteiger partial charge in [-0.1, -0.05) is 12.1 Å². The van der Waals surface area contributed by atoms with Gasteiger partial charge in [0.05, 0.1) is 11.1 Å². The van der Waals surface area contributed by atoms with Gasteiger partial charge in [-0.2, -0.15) is 13.2 Å². The van der Waals surface area contributed by atoms with Crippen molar-refractivity contribution in [3.8, 4) is 0 Å². The first-order valence-corrected chi connectivity index (χ1v) is 9.34. The van der Waals surface area contributed by atoms with Crippen molar-refractivity contribution >= 4 is 22.5 Å². The van der Waals surface area contributed by atoms with Gasteiger partial charge >= 0.3 is 6.18 Å². The number of pyridine rings is 2. The SMILES string of the molecule is O=C(NC1CCN(c2ccnc3cc(C(F)(F)F)ccc23)CC1)c1ccccn1. The third kappa shape index (κ3) is 4.16. The Morgan fingerprint density at radius 3 is 2.52 bits per heavy atom. The van der Waals surface area contributed by atoms with Crippen molar-refractivity contribution in [2.45, 2.75) is 25.1 Å². The Morgan fingerprint density at radius 1 is 1.03 bits per heavy atom. The number of amides is 1. The number of nitrogens with zero attached hydrogens (tertiary/aromatic N) is 3. The molecular weight excluding hydrogens is 381 g/mol. The van der Waals surface area contributed by atoms with Gasteiger partial charge in [-0.3, -0.25) is 14.8 Å². The lowest BCUT2D eigenvalue weighted by Crippen LogP contribution is -2.45. The fourth-order valence-corrected chi connectivity index (χ4v) is 3.61. The van der Waals surface area contributed by atoms with Crippen molar-refractivity contribution in [2.75, 3.05) is 18.0 Å². The highest BCUT2D eigenvalue weighted by Crippen LogP contribution is 2.34. The minimum atomic E-state index is -4.39. The minimum Gasteiger partial charge on any atom is -0.371 e. The molecule has 150 valence electrons. The molecule has 1 N–H and O–H groups in total. The van der Waals surface area contributed by atoms with Gasteiger partial charge in [0.2, 0.25) is 0 Å². The molecule has 3 aromatic rings. The number of carbonyl (C=O) groups is 1. The highest BCUT2D eigenvalue weighted by atomic mass is 19.4. The number of hydrogen-bond donors (Lipinski definition) is 1. The number of nitrogens with one attached hydrogen (secondary N) is 1. The second-order valence-corrected chi connectivity index (χ2v) is 7.01. The Morgan fingerprint density at radius 2 is 1.83 bits per heavy atom. The fourth-order valence-electron chi connectivity index (χ4n) is 3.61. The van der Waals surface area contributed by atoms with Crippen molar-refractivity contribution in [2.24, 2.45) is 0 Å². The molecule has 1 saturated heterocycles. The molecule has 0 unspecified atom stereocenters. The summed E-state index contributed by atoms with van der Waals surface area (Å²) in [6.45, 7) is 1.38. The number of carbonyl (C=O) groups excluding carboxylic acids is 1. The van der Waals surface area contributed by atoms with E-state index in [1.165, 1.54) is 12.3 Å². The van der Waals surface area contributed by atoms with E-state index >= 15 is 0 Å². The second kappa shape index (κ2) is 7.69. The van der Waals surface area contributed by atoms with Crippen LogP contribution in [0.25, 0.3) is 10.9 Å². The molecule has 0 spiro atoms. The number of aromatic nitrogens is 2. The Hall–Kier alpha value is -3.16. The molecule has 0 saturated carbocycles. The van der Waals surface area contributed by atoms with Crippen molar-refractivity contribution in [1.29, 1.82) is 0 Å². The number of rotatable bonds is 3. The summed E-state index contributed by atoms with van der Waals surface area (Å²) in [7, 11) is 0. The molecule has 1 amide bonds. The average molecular weight is 400 g/mol.